The molecule has 17 heavy (non-hydrogen) atoms. The van der Waals surface area contributed by atoms with Gasteiger partial charge in [-0.2, -0.15) is 0 Å². The predicted octanol–water partition coefficient (Wildman–Crippen LogP) is 2.17. The Balaban J connectivity index is 2.34. The second-order valence-electron chi connectivity index (χ2n) is 3.45. The highest BCUT2D eigenvalue weighted by atomic mass is 16.5. The Labute approximate surface area is 99.2 Å². The summed E-state index contributed by atoms with van der Waals surface area (Å²) in [6, 6.07) is 7.24. The maximum Gasteiger partial charge on any atom is 0.229 e. The number of anilines is 1. The van der Waals surface area contributed by atoms with Crippen LogP contribution in [-0.4, -0.2) is 17.1 Å². The summed E-state index contributed by atoms with van der Waals surface area (Å²) >= 11 is 0. The van der Waals surface area contributed by atoms with Crippen LogP contribution < -0.4 is 15.2 Å². The van der Waals surface area contributed by atoms with E-state index in [1.54, 1.807) is 19.2 Å². The molecule has 0 fully saturated rings. The first-order valence-corrected chi connectivity index (χ1v) is 5.10. The van der Waals surface area contributed by atoms with E-state index in [4.69, 9.17) is 15.2 Å². The molecule has 0 unspecified atom stereocenters. The SMILES string of the molecule is COc1ncnc(Oc2ccccc2N)c1C. The Hall–Kier alpha value is -2.30. The molecule has 0 spiro atoms. The molecular formula is C12H13N3O2. The Morgan fingerprint density at radius 3 is 2.53 bits per heavy atom. The van der Waals surface area contributed by atoms with Crippen LogP contribution in [0.2, 0.25) is 0 Å². The van der Waals surface area contributed by atoms with Crippen molar-refractivity contribution < 1.29 is 9.47 Å². The lowest BCUT2D eigenvalue weighted by Gasteiger charge is -2.10. The summed E-state index contributed by atoms with van der Waals surface area (Å²) < 4.78 is 10.7. The molecule has 0 aliphatic rings. The smallest absolute Gasteiger partial charge is 0.229 e. The third-order valence-corrected chi connectivity index (χ3v) is 2.31. The molecule has 5 nitrogen and oxygen atoms in total. The summed E-state index contributed by atoms with van der Waals surface area (Å²) in [4.78, 5) is 8.03. The zero-order chi connectivity index (χ0) is 12.3. The van der Waals surface area contributed by atoms with Gasteiger partial charge >= 0.3 is 0 Å². The zero-order valence-corrected chi connectivity index (χ0v) is 9.68. The molecule has 2 N–H and O–H groups in total. The third kappa shape index (κ3) is 2.28. The van der Waals surface area contributed by atoms with E-state index in [2.05, 4.69) is 9.97 Å². The second-order valence-corrected chi connectivity index (χ2v) is 3.45. The van der Waals surface area contributed by atoms with E-state index in [0.29, 0.717) is 23.2 Å². The van der Waals surface area contributed by atoms with Gasteiger partial charge in [-0.1, -0.05) is 12.1 Å². The van der Waals surface area contributed by atoms with Crippen LogP contribution >= 0.6 is 0 Å². The van der Waals surface area contributed by atoms with Gasteiger partial charge in [0.2, 0.25) is 11.8 Å². The minimum Gasteiger partial charge on any atom is -0.481 e. The normalized spacial score (nSPS) is 10.0. The van der Waals surface area contributed by atoms with Gasteiger partial charge in [-0.25, -0.2) is 9.97 Å². The highest BCUT2D eigenvalue weighted by Crippen LogP contribution is 2.30. The van der Waals surface area contributed by atoms with Crippen molar-refractivity contribution in [3.8, 4) is 17.5 Å². The molecule has 0 aliphatic carbocycles. The largest absolute Gasteiger partial charge is 0.481 e. The Bertz CT molecular complexity index is 529. The van der Waals surface area contributed by atoms with Crippen LogP contribution in [0.25, 0.3) is 0 Å². The summed E-state index contributed by atoms with van der Waals surface area (Å²) in [5, 5.41) is 0. The van der Waals surface area contributed by atoms with Crippen molar-refractivity contribution in [3.63, 3.8) is 0 Å². The molecule has 0 saturated carbocycles. The molecule has 0 amide bonds. The number of nitrogen functional groups attached to an aromatic ring is 1. The number of hydrogen-bond donors (Lipinski definition) is 1. The number of nitrogens with zero attached hydrogens (tertiary/aromatic N) is 2. The average Bonchev–Trinajstić information content (AvgIpc) is 2.34. The fraction of sp³-hybridized carbons (Fsp3) is 0.167. The van der Waals surface area contributed by atoms with Gasteiger partial charge in [0.15, 0.2) is 5.75 Å². The Kier molecular flexibility index (Phi) is 3.09. The molecule has 2 aromatic rings. The first-order valence-electron chi connectivity index (χ1n) is 5.10. The zero-order valence-electron chi connectivity index (χ0n) is 9.68. The molecular weight excluding hydrogens is 218 g/mol. The maximum absolute atomic E-state index is 5.79. The lowest BCUT2D eigenvalue weighted by molar-refractivity contribution is 0.383. The van der Waals surface area contributed by atoms with E-state index in [1.807, 2.05) is 19.1 Å². The number of aromatic nitrogens is 2. The lowest BCUT2D eigenvalue weighted by Crippen LogP contribution is -1.98. The third-order valence-electron chi connectivity index (χ3n) is 2.31. The van der Waals surface area contributed by atoms with E-state index < -0.39 is 0 Å². The number of rotatable bonds is 3. The quantitative estimate of drug-likeness (QED) is 0.820. The highest BCUT2D eigenvalue weighted by molar-refractivity contribution is 5.53. The molecule has 1 aromatic carbocycles. The van der Waals surface area contributed by atoms with E-state index >= 15 is 0 Å². The average molecular weight is 231 g/mol. The van der Waals surface area contributed by atoms with Crippen molar-refractivity contribution in [3.05, 3.63) is 36.2 Å². The van der Waals surface area contributed by atoms with Crippen LogP contribution in [0.5, 0.6) is 17.5 Å². The maximum atomic E-state index is 5.79. The van der Waals surface area contributed by atoms with Gasteiger partial charge in [0.25, 0.3) is 0 Å². The summed E-state index contributed by atoms with van der Waals surface area (Å²) in [6.45, 7) is 1.83. The molecule has 5 heteroatoms. The molecule has 0 atom stereocenters. The number of para-hydroxylation sites is 2. The van der Waals surface area contributed by atoms with Gasteiger partial charge in [0.1, 0.15) is 6.33 Å². The van der Waals surface area contributed by atoms with Crippen molar-refractivity contribution in [2.24, 2.45) is 0 Å². The van der Waals surface area contributed by atoms with Crippen molar-refractivity contribution >= 4 is 5.69 Å². The predicted molar refractivity (Wildman–Crippen MR) is 64.2 cm³/mol. The van der Waals surface area contributed by atoms with Gasteiger partial charge in [0, 0.05) is 0 Å². The van der Waals surface area contributed by atoms with Crippen LogP contribution in [0.1, 0.15) is 5.56 Å². The highest BCUT2D eigenvalue weighted by Gasteiger charge is 2.10. The number of methoxy groups -OCH3 is 1. The minimum atomic E-state index is 0.440. The molecule has 2 rings (SSSR count). The number of ether oxygens (including phenoxy) is 2. The first-order chi connectivity index (χ1) is 8.22. The first kappa shape index (κ1) is 11.2. The minimum absolute atomic E-state index is 0.440. The van der Waals surface area contributed by atoms with Crippen molar-refractivity contribution in [2.75, 3.05) is 12.8 Å². The van der Waals surface area contributed by atoms with E-state index in [-0.39, 0.29) is 0 Å². The topological polar surface area (TPSA) is 70.3 Å². The van der Waals surface area contributed by atoms with Crippen LogP contribution in [-0.2, 0) is 0 Å². The summed E-state index contributed by atoms with van der Waals surface area (Å²) in [5.74, 6) is 1.50. The molecule has 0 radical (unpaired) electrons. The Morgan fingerprint density at radius 2 is 1.82 bits per heavy atom. The molecule has 88 valence electrons. The molecule has 1 heterocycles. The van der Waals surface area contributed by atoms with Crippen LogP contribution in [0.3, 0.4) is 0 Å². The van der Waals surface area contributed by atoms with Crippen LogP contribution in [0.15, 0.2) is 30.6 Å². The van der Waals surface area contributed by atoms with Gasteiger partial charge in [-0.05, 0) is 19.1 Å². The van der Waals surface area contributed by atoms with Crippen molar-refractivity contribution in [2.45, 2.75) is 6.92 Å². The second kappa shape index (κ2) is 4.69. The molecule has 1 aromatic heterocycles. The molecule has 0 saturated heterocycles. The monoisotopic (exact) mass is 231 g/mol. The number of benzene rings is 1. The standard InChI is InChI=1S/C12H13N3O2/c1-8-11(16-2)14-7-15-12(8)17-10-6-4-3-5-9(10)13/h3-7H,13H2,1-2H3. The number of nitrogens with two attached hydrogens (primary N) is 1. The van der Waals surface area contributed by atoms with E-state index in [1.165, 1.54) is 6.33 Å². The van der Waals surface area contributed by atoms with Crippen LogP contribution in [0.4, 0.5) is 5.69 Å². The Morgan fingerprint density at radius 1 is 1.12 bits per heavy atom. The number of hydrogen-bond acceptors (Lipinski definition) is 5. The fourth-order valence-corrected chi connectivity index (χ4v) is 1.41. The summed E-state index contributed by atoms with van der Waals surface area (Å²) in [5.41, 5.74) is 7.08. The van der Waals surface area contributed by atoms with Gasteiger partial charge in [0.05, 0.1) is 18.4 Å². The van der Waals surface area contributed by atoms with Gasteiger partial charge in [-0.3, -0.25) is 0 Å². The van der Waals surface area contributed by atoms with E-state index in [9.17, 15) is 0 Å². The summed E-state index contributed by atoms with van der Waals surface area (Å²) in [6.07, 6.45) is 1.39. The van der Waals surface area contributed by atoms with Crippen molar-refractivity contribution in [1.82, 2.24) is 9.97 Å². The summed E-state index contributed by atoms with van der Waals surface area (Å²) in [7, 11) is 1.55. The molecule has 0 aliphatic heterocycles. The molecule has 0 bridgehead atoms. The fourth-order valence-electron chi connectivity index (χ4n) is 1.41. The van der Waals surface area contributed by atoms with Crippen LogP contribution in [0, 0.1) is 6.92 Å². The van der Waals surface area contributed by atoms with Gasteiger partial charge < -0.3 is 15.2 Å². The van der Waals surface area contributed by atoms with E-state index in [0.717, 1.165) is 5.56 Å². The lowest BCUT2D eigenvalue weighted by atomic mass is 10.3. The van der Waals surface area contributed by atoms with Gasteiger partial charge in [-0.15, -0.1) is 0 Å². The van der Waals surface area contributed by atoms with Crippen molar-refractivity contribution in [1.29, 1.82) is 0 Å².